The van der Waals surface area contributed by atoms with Gasteiger partial charge in [-0.05, 0) is 62.1 Å². The van der Waals surface area contributed by atoms with Crippen LogP contribution in [0.4, 0.5) is 0 Å². The molecule has 2 aromatic heterocycles. The van der Waals surface area contributed by atoms with Gasteiger partial charge in [-0.3, -0.25) is 4.79 Å². The summed E-state index contributed by atoms with van der Waals surface area (Å²) in [5.74, 6) is -0.0722. The van der Waals surface area contributed by atoms with Crippen molar-refractivity contribution in [2.45, 2.75) is 32.7 Å². The van der Waals surface area contributed by atoms with E-state index in [2.05, 4.69) is 5.32 Å². The van der Waals surface area contributed by atoms with Crippen LogP contribution in [0.1, 0.15) is 47.6 Å². The molecule has 3 aromatic rings. The number of nitrogens with one attached hydrogen (secondary N) is 1. The minimum Gasteiger partial charge on any atom is -0.465 e. The van der Waals surface area contributed by atoms with Crippen LogP contribution in [0.2, 0.25) is 0 Å². The molecule has 0 atom stereocenters. The molecule has 0 radical (unpaired) electrons. The molecule has 29 heavy (non-hydrogen) atoms. The Morgan fingerprint density at radius 2 is 2.03 bits per heavy atom. The van der Waals surface area contributed by atoms with Crippen LogP contribution < -0.4 is 5.32 Å². The van der Waals surface area contributed by atoms with Gasteiger partial charge in [0.15, 0.2) is 6.61 Å². The second kappa shape index (κ2) is 7.91. The largest absolute Gasteiger partial charge is 0.465 e. The maximum absolute atomic E-state index is 13.0. The second-order valence-electron chi connectivity index (χ2n) is 7.31. The summed E-state index contributed by atoms with van der Waals surface area (Å²) in [6.07, 6.45) is 5.02. The fourth-order valence-corrected chi connectivity index (χ4v) is 3.62. The third-order valence-electron chi connectivity index (χ3n) is 4.79. The fraction of sp³-hybridized carbons (Fsp3) is 0.261. The van der Waals surface area contributed by atoms with Crippen molar-refractivity contribution in [1.82, 2.24) is 10.3 Å². The topological polar surface area (TPSA) is 81.4 Å². The van der Waals surface area contributed by atoms with Crippen LogP contribution in [0.3, 0.4) is 0 Å². The summed E-state index contributed by atoms with van der Waals surface area (Å²) < 4.78 is 10.8. The van der Waals surface area contributed by atoms with Crippen molar-refractivity contribution in [3.05, 3.63) is 65.2 Å². The van der Waals surface area contributed by atoms with E-state index in [1.807, 2.05) is 56.3 Å². The maximum Gasteiger partial charge on any atom is 0.339 e. The molecule has 148 valence electrons. The quantitative estimate of drug-likeness (QED) is 0.666. The zero-order valence-corrected chi connectivity index (χ0v) is 16.4. The molecule has 0 fully saturated rings. The molecule has 0 saturated carbocycles. The summed E-state index contributed by atoms with van der Waals surface area (Å²) in [4.78, 5) is 29.7. The van der Waals surface area contributed by atoms with Gasteiger partial charge in [0.05, 0.1) is 23.0 Å². The highest BCUT2D eigenvalue weighted by Gasteiger charge is 2.28. The number of amides is 1. The van der Waals surface area contributed by atoms with Crippen LogP contribution in [0.25, 0.3) is 22.6 Å². The van der Waals surface area contributed by atoms with Gasteiger partial charge in [-0.15, -0.1) is 0 Å². The standard InChI is InChI=1S/C23H22N2O4/c1-14(2)24-20(26)13-29-23(27)21-17-7-3-4-8-19(17)25-22-15(9-10-18(21)22)12-16-6-5-11-28-16/h3-8,11-12,14H,9-10,13H2,1-2H3,(H,24,26)/b15-12+. The van der Waals surface area contributed by atoms with E-state index in [-0.39, 0.29) is 18.6 Å². The van der Waals surface area contributed by atoms with E-state index in [0.29, 0.717) is 12.0 Å². The van der Waals surface area contributed by atoms with Crippen LogP contribution in [0.15, 0.2) is 47.1 Å². The molecule has 6 nitrogen and oxygen atoms in total. The molecule has 1 aliphatic carbocycles. The summed E-state index contributed by atoms with van der Waals surface area (Å²) in [5, 5.41) is 3.46. The number of allylic oxidation sites excluding steroid dienone is 1. The third kappa shape index (κ3) is 3.92. The highest BCUT2D eigenvalue weighted by molar-refractivity contribution is 6.07. The Balaban J connectivity index is 1.72. The first-order chi connectivity index (χ1) is 14.0. The summed E-state index contributed by atoms with van der Waals surface area (Å²) in [6.45, 7) is 3.41. The van der Waals surface area contributed by atoms with Gasteiger partial charge in [0, 0.05) is 11.4 Å². The number of pyridine rings is 1. The van der Waals surface area contributed by atoms with Crippen molar-refractivity contribution in [2.24, 2.45) is 0 Å². The van der Waals surface area contributed by atoms with Crippen LogP contribution >= 0.6 is 0 Å². The van der Waals surface area contributed by atoms with E-state index in [9.17, 15) is 9.59 Å². The Morgan fingerprint density at radius 1 is 1.21 bits per heavy atom. The predicted molar refractivity (Wildman–Crippen MR) is 110 cm³/mol. The first-order valence-corrected chi connectivity index (χ1v) is 9.65. The highest BCUT2D eigenvalue weighted by atomic mass is 16.5. The number of esters is 1. The van der Waals surface area contributed by atoms with Crippen molar-refractivity contribution in [3.8, 4) is 0 Å². The molecule has 0 saturated heterocycles. The van der Waals surface area contributed by atoms with E-state index < -0.39 is 5.97 Å². The Morgan fingerprint density at radius 3 is 2.79 bits per heavy atom. The van der Waals surface area contributed by atoms with Crippen molar-refractivity contribution < 1.29 is 18.7 Å². The lowest BCUT2D eigenvalue weighted by molar-refractivity contribution is -0.124. The van der Waals surface area contributed by atoms with Crippen LogP contribution in [-0.2, 0) is 16.0 Å². The Kier molecular flexibility index (Phi) is 5.16. The van der Waals surface area contributed by atoms with Crippen LogP contribution in [0.5, 0.6) is 0 Å². The smallest absolute Gasteiger partial charge is 0.339 e. The van der Waals surface area contributed by atoms with Crippen LogP contribution in [0, 0.1) is 0 Å². The van der Waals surface area contributed by atoms with E-state index >= 15 is 0 Å². The number of furan rings is 1. The molecule has 0 spiro atoms. The number of para-hydroxylation sites is 1. The molecule has 1 amide bonds. The van der Waals surface area contributed by atoms with E-state index in [4.69, 9.17) is 14.1 Å². The zero-order valence-electron chi connectivity index (χ0n) is 16.4. The lowest BCUT2D eigenvalue weighted by Crippen LogP contribution is -2.34. The first-order valence-electron chi connectivity index (χ1n) is 9.65. The molecule has 0 aliphatic heterocycles. The lowest BCUT2D eigenvalue weighted by Gasteiger charge is -2.13. The van der Waals surface area contributed by atoms with Gasteiger partial charge in [-0.1, -0.05) is 18.2 Å². The number of ether oxygens (including phenoxy) is 1. The molecule has 2 heterocycles. The molecule has 0 unspecified atom stereocenters. The molecule has 0 bridgehead atoms. The number of fused-ring (bicyclic) bond motifs is 2. The normalized spacial score (nSPS) is 14.4. The van der Waals surface area contributed by atoms with E-state index in [1.165, 1.54) is 0 Å². The highest BCUT2D eigenvalue weighted by Crippen LogP contribution is 2.37. The number of hydrogen-bond acceptors (Lipinski definition) is 5. The zero-order chi connectivity index (χ0) is 20.4. The minimum absolute atomic E-state index is 0.0125. The second-order valence-corrected chi connectivity index (χ2v) is 7.31. The summed E-state index contributed by atoms with van der Waals surface area (Å²) in [6, 6.07) is 11.2. The van der Waals surface area contributed by atoms with E-state index in [0.717, 1.165) is 39.9 Å². The Bertz CT molecular complexity index is 1100. The monoisotopic (exact) mass is 390 g/mol. The predicted octanol–water partition coefficient (Wildman–Crippen LogP) is 4.00. The molecule has 1 aromatic carbocycles. The first kappa shape index (κ1) is 18.9. The molecule has 6 heteroatoms. The van der Waals surface area contributed by atoms with Gasteiger partial charge in [-0.25, -0.2) is 9.78 Å². The van der Waals surface area contributed by atoms with E-state index in [1.54, 1.807) is 6.26 Å². The SMILES string of the molecule is CC(C)NC(=O)COC(=O)c1c2c(nc3ccccc13)/C(=C/c1ccco1)CC2. The molecule has 4 rings (SSSR count). The Hall–Kier alpha value is -3.41. The van der Waals surface area contributed by atoms with Crippen molar-refractivity contribution >= 4 is 34.4 Å². The average Bonchev–Trinajstić information content (AvgIpc) is 3.34. The number of nitrogens with zero attached hydrogens (tertiary/aromatic N) is 1. The van der Waals surface area contributed by atoms with Crippen LogP contribution in [-0.4, -0.2) is 29.5 Å². The van der Waals surface area contributed by atoms with Crippen molar-refractivity contribution in [3.63, 3.8) is 0 Å². The van der Waals surface area contributed by atoms with Gasteiger partial charge in [0.2, 0.25) is 0 Å². The molecular formula is C23H22N2O4. The number of aromatic nitrogens is 1. The Labute approximate surface area is 168 Å². The minimum atomic E-state index is -0.502. The summed E-state index contributed by atoms with van der Waals surface area (Å²) in [7, 11) is 0. The number of rotatable bonds is 5. The van der Waals surface area contributed by atoms with Gasteiger partial charge >= 0.3 is 5.97 Å². The van der Waals surface area contributed by atoms with Gasteiger partial charge in [0.1, 0.15) is 5.76 Å². The van der Waals surface area contributed by atoms with Gasteiger partial charge < -0.3 is 14.5 Å². The number of carbonyl (C=O) groups is 2. The summed E-state index contributed by atoms with van der Waals surface area (Å²) in [5.41, 5.74) is 3.88. The van der Waals surface area contributed by atoms with Gasteiger partial charge in [-0.2, -0.15) is 0 Å². The molecule has 1 N–H and O–H groups in total. The molecule has 1 aliphatic rings. The van der Waals surface area contributed by atoms with Crippen molar-refractivity contribution in [2.75, 3.05) is 6.61 Å². The lowest BCUT2D eigenvalue weighted by atomic mass is 10.0. The maximum atomic E-state index is 13.0. The number of hydrogen-bond donors (Lipinski definition) is 1. The summed E-state index contributed by atoms with van der Waals surface area (Å²) >= 11 is 0. The van der Waals surface area contributed by atoms with Gasteiger partial charge in [0.25, 0.3) is 5.91 Å². The van der Waals surface area contributed by atoms with Crippen molar-refractivity contribution in [1.29, 1.82) is 0 Å². The third-order valence-corrected chi connectivity index (χ3v) is 4.79. The molecular weight excluding hydrogens is 368 g/mol. The fourth-order valence-electron chi connectivity index (χ4n) is 3.62. The number of benzene rings is 1. The number of carbonyl (C=O) groups excluding carboxylic acids is 2. The average molecular weight is 390 g/mol.